The second kappa shape index (κ2) is 10.0. The third kappa shape index (κ3) is 6.04. The van der Waals surface area contributed by atoms with Crippen LogP contribution in [-0.4, -0.2) is 61.2 Å². The second-order valence-corrected chi connectivity index (χ2v) is 7.62. The zero-order chi connectivity index (χ0) is 19.9. The van der Waals surface area contributed by atoms with Gasteiger partial charge < -0.3 is 14.7 Å². The van der Waals surface area contributed by atoms with Crippen molar-refractivity contribution in [2.24, 2.45) is 0 Å². The molecule has 28 heavy (non-hydrogen) atoms. The molecule has 0 aromatic heterocycles. The van der Waals surface area contributed by atoms with Gasteiger partial charge in [-0.15, -0.1) is 0 Å². The Hall–Kier alpha value is -1.92. The molecule has 1 atom stereocenters. The molecular formula is C22H27ClN2O3. The van der Waals surface area contributed by atoms with E-state index in [0.717, 1.165) is 43.0 Å². The zero-order valence-electron chi connectivity index (χ0n) is 16.2. The van der Waals surface area contributed by atoms with Crippen molar-refractivity contribution in [1.82, 2.24) is 4.90 Å². The third-order valence-electron chi connectivity index (χ3n) is 4.97. The number of halogens is 1. The monoisotopic (exact) mass is 402 g/mol. The van der Waals surface area contributed by atoms with E-state index in [9.17, 15) is 9.90 Å². The molecule has 2 aromatic carbocycles. The van der Waals surface area contributed by atoms with Crippen molar-refractivity contribution >= 4 is 23.1 Å². The fourth-order valence-corrected chi connectivity index (χ4v) is 3.47. The van der Waals surface area contributed by atoms with Gasteiger partial charge in [-0.05, 0) is 48.9 Å². The number of Topliss-reactive ketones (excluding diaryl/α,β-unsaturated/α-hetero) is 1. The molecule has 0 spiro atoms. The predicted molar refractivity (Wildman–Crippen MR) is 112 cm³/mol. The molecule has 0 radical (unpaired) electrons. The highest BCUT2D eigenvalue weighted by molar-refractivity contribution is 6.30. The number of aliphatic hydroxyl groups is 1. The van der Waals surface area contributed by atoms with Gasteiger partial charge in [0.1, 0.15) is 0 Å². The molecule has 0 bridgehead atoms. The first-order valence-corrected chi connectivity index (χ1v) is 9.97. The Bertz CT molecular complexity index is 756. The van der Waals surface area contributed by atoms with Crippen LogP contribution in [0.4, 0.5) is 5.69 Å². The highest BCUT2D eigenvalue weighted by Gasteiger charge is 2.19. The highest BCUT2D eigenvalue weighted by Crippen LogP contribution is 2.18. The van der Waals surface area contributed by atoms with Gasteiger partial charge in [-0.25, -0.2) is 0 Å². The quantitative estimate of drug-likeness (QED) is 0.687. The Balaban J connectivity index is 1.37. The van der Waals surface area contributed by atoms with Gasteiger partial charge in [0.2, 0.25) is 0 Å². The Labute approximate surface area is 171 Å². The summed E-state index contributed by atoms with van der Waals surface area (Å²) in [5, 5.41) is 11.0. The number of hydrogen-bond acceptors (Lipinski definition) is 5. The van der Waals surface area contributed by atoms with Crippen molar-refractivity contribution in [3.05, 3.63) is 64.7 Å². The SMILES string of the molecule is CC(=O)c1ccc(N2CCN(CC(O)COCc3ccc(Cl)cc3)CC2)cc1. The molecule has 1 N–H and O–H groups in total. The Morgan fingerprint density at radius 3 is 2.32 bits per heavy atom. The number of aliphatic hydroxyl groups excluding tert-OH is 1. The van der Waals surface area contributed by atoms with Crippen LogP contribution in [0.3, 0.4) is 0 Å². The van der Waals surface area contributed by atoms with Crippen molar-refractivity contribution in [2.75, 3.05) is 44.2 Å². The van der Waals surface area contributed by atoms with Gasteiger partial charge in [0.15, 0.2) is 5.78 Å². The minimum absolute atomic E-state index is 0.0867. The molecule has 0 saturated carbocycles. The summed E-state index contributed by atoms with van der Waals surface area (Å²) < 4.78 is 5.63. The van der Waals surface area contributed by atoms with Crippen LogP contribution in [0.5, 0.6) is 0 Å². The van der Waals surface area contributed by atoms with Gasteiger partial charge in [-0.2, -0.15) is 0 Å². The van der Waals surface area contributed by atoms with E-state index < -0.39 is 6.10 Å². The lowest BCUT2D eigenvalue weighted by molar-refractivity contribution is 0.00914. The molecule has 0 amide bonds. The average molecular weight is 403 g/mol. The van der Waals surface area contributed by atoms with Gasteiger partial charge in [-0.1, -0.05) is 23.7 Å². The summed E-state index contributed by atoms with van der Waals surface area (Å²) in [5.74, 6) is 0.0867. The first-order chi connectivity index (χ1) is 13.5. The van der Waals surface area contributed by atoms with Crippen LogP contribution >= 0.6 is 11.6 Å². The van der Waals surface area contributed by atoms with Crippen LogP contribution in [0.2, 0.25) is 5.02 Å². The molecule has 1 saturated heterocycles. The molecule has 1 aliphatic heterocycles. The van der Waals surface area contributed by atoms with Gasteiger partial charge in [0.05, 0.1) is 19.3 Å². The first kappa shape index (κ1) is 20.8. The van der Waals surface area contributed by atoms with Gasteiger partial charge >= 0.3 is 0 Å². The molecule has 5 nitrogen and oxygen atoms in total. The zero-order valence-corrected chi connectivity index (χ0v) is 16.9. The van der Waals surface area contributed by atoms with Crippen LogP contribution < -0.4 is 4.90 Å². The number of rotatable bonds is 8. The number of hydrogen-bond donors (Lipinski definition) is 1. The molecule has 6 heteroatoms. The van der Waals surface area contributed by atoms with Gasteiger partial charge in [0, 0.05) is 49.0 Å². The van der Waals surface area contributed by atoms with E-state index in [0.29, 0.717) is 24.8 Å². The Morgan fingerprint density at radius 1 is 1.07 bits per heavy atom. The van der Waals surface area contributed by atoms with Crippen molar-refractivity contribution in [3.8, 4) is 0 Å². The summed E-state index contributed by atoms with van der Waals surface area (Å²) in [4.78, 5) is 16.0. The van der Waals surface area contributed by atoms with Crippen LogP contribution in [0.25, 0.3) is 0 Å². The van der Waals surface area contributed by atoms with E-state index in [-0.39, 0.29) is 5.78 Å². The second-order valence-electron chi connectivity index (χ2n) is 7.19. The number of ether oxygens (including phenoxy) is 1. The van der Waals surface area contributed by atoms with E-state index in [2.05, 4.69) is 9.80 Å². The molecule has 3 rings (SSSR count). The maximum Gasteiger partial charge on any atom is 0.159 e. The molecule has 1 heterocycles. The molecule has 150 valence electrons. The number of carbonyl (C=O) groups is 1. The lowest BCUT2D eigenvalue weighted by Gasteiger charge is -2.36. The predicted octanol–water partition coefficient (Wildman–Crippen LogP) is 3.24. The topological polar surface area (TPSA) is 53.0 Å². The summed E-state index contributed by atoms with van der Waals surface area (Å²) in [6, 6.07) is 15.3. The first-order valence-electron chi connectivity index (χ1n) is 9.60. The van der Waals surface area contributed by atoms with Crippen LogP contribution in [0.1, 0.15) is 22.8 Å². The smallest absolute Gasteiger partial charge is 0.159 e. The van der Waals surface area contributed by atoms with Crippen molar-refractivity contribution in [2.45, 2.75) is 19.6 Å². The number of anilines is 1. The minimum Gasteiger partial charge on any atom is -0.389 e. The Morgan fingerprint density at radius 2 is 1.71 bits per heavy atom. The lowest BCUT2D eigenvalue weighted by Crippen LogP contribution is -2.49. The summed E-state index contributed by atoms with van der Waals surface area (Å²) in [6.07, 6.45) is -0.506. The molecule has 0 aliphatic carbocycles. The van der Waals surface area contributed by atoms with Crippen molar-refractivity contribution in [1.29, 1.82) is 0 Å². The maximum atomic E-state index is 11.4. The van der Waals surface area contributed by atoms with E-state index in [1.54, 1.807) is 6.92 Å². The standard InChI is InChI=1S/C22H27ClN2O3/c1-17(26)19-4-8-21(9-5-19)25-12-10-24(11-13-25)14-22(27)16-28-15-18-2-6-20(23)7-3-18/h2-9,22,27H,10-16H2,1H3. The summed E-state index contributed by atoms with van der Waals surface area (Å²) in [7, 11) is 0. The van der Waals surface area contributed by atoms with E-state index in [1.807, 2.05) is 48.5 Å². The number of benzene rings is 2. The summed E-state index contributed by atoms with van der Waals surface area (Å²) in [5.41, 5.74) is 2.92. The fourth-order valence-electron chi connectivity index (χ4n) is 3.34. The van der Waals surface area contributed by atoms with Gasteiger partial charge in [-0.3, -0.25) is 9.69 Å². The summed E-state index contributed by atoms with van der Waals surface area (Å²) in [6.45, 7) is 6.56. The van der Waals surface area contributed by atoms with Gasteiger partial charge in [0.25, 0.3) is 0 Å². The van der Waals surface area contributed by atoms with Crippen molar-refractivity contribution in [3.63, 3.8) is 0 Å². The minimum atomic E-state index is -0.506. The molecule has 1 aliphatic rings. The number of β-amino-alcohol motifs (C(OH)–C–C–N with tert-alkyl or cyclic N) is 1. The average Bonchev–Trinajstić information content (AvgIpc) is 2.70. The third-order valence-corrected chi connectivity index (χ3v) is 5.22. The Kier molecular flexibility index (Phi) is 7.45. The van der Waals surface area contributed by atoms with Crippen LogP contribution in [-0.2, 0) is 11.3 Å². The number of ketones is 1. The fraction of sp³-hybridized carbons (Fsp3) is 0.409. The number of carbonyl (C=O) groups excluding carboxylic acids is 1. The van der Waals surface area contributed by atoms with Crippen molar-refractivity contribution < 1.29 is 14.6 Å². The van der Waals surface area contributed by atoms with Crippen LogP contribution in [0, 0.1) is 0 Å². The molecule has 2 aromatic rings. The maximum absolute atomic E-state index is 11.4. The molecular weight excluding hydrogens is 376 g/mol. The highest BCUT2D eigenvalue weighted by atomic mass is 35.5. The van der Waals surface area contributed by atoms with E-state index in [4.69, 9.17) is 16.3 Å². The normalized spacial score (nSPS) is 16.2. The molecule has 1 fully saturated rings. The number of piperazine rings is 1. The summed E-state index contributed by atoms with van der Waals surface area (Å²) >= 11 is 5.87. The molecule has 1 unspecified atom stereocenters. The number of nitrogens with zero attached hydrogens (tertiary/aromatic N) is 2. The largest absolute Gasteiger partial charge is 0.389 e. The van der Waals surface area contributed by atoms with Crippen LogP contribution in [0.15, 0.2) is 48.5 Å². The van der Waals surface area contributed by atoms with E-state index >= 15 is 0 Å². The lowest BCUT2D eigenvalue weighted by atomic mass is 10.1. The van der Waals surface area contributed by atoms with E-state index in [1.165, 1.54) is 0 Å².